The summed E-state index contributed by atoms with van der Waals surface area (Å²) in [4.78, 5) is 21.6. The molecule has 2 rings (SSSR count). The molecular formula is C10H7ClFN3O3. The number of hydrogen-bond acceptors (Lipinski definition) is 3. The Morgan fingerprint density at radius 3 is 2.56 bits per heavy atom. The fourth-order valence-corrected chi connectivity index (χ4v) is 1.52. The minimum absolute atomic E-state index is 0.202. The molecule has 2 aromatic rings. The number of benzene rings is 1. The van der Waals surface area contributed by atoms with Gasteiger partial charge in [-0.3, -0.25) is 4.79 Å². The molecular weight excluding hydrogens is 265 g/mol. The monoisotopic (exact) mass is 271 g/mol. The van der Waals surface area contributed by atoms with Crippen LogP contribution in [-0.4, -0.2) is 25.6 Å². The van der Waals surface area contributed by atoms with Crippen molar-refractivity contribution in [3.63, 3.8) is 0 Å². The number of rotatable bonds is 3. The van der Waals surface area contributed by atoms with E-state index >= 15 is 0 Å². The van der Waals surface area contributed by atoms with Crippen LogP contribution in [-0.2, 0) is 11.3 Å². The Morgan fingerprint density at radius 1 is 1.39 bits per heavy atom. The van der Waals surface area contributed by atoms with Gasteiger partial charge in [0.15, 0.2) is 5.82 Å². The van der Waals surface area contributed by atoms with E-state index in [1.54, 1.807) is 0 Å². The normalized spacial score (nSPS) is 10.6. The summed E-state index contributed by atoms with van der Waals surface area (Å²) < 4.78 is 14.1. The van der Waals surface area contributed by atoms with Crippen LogP contribution in [0.2, 0.25) is 5.02 Å². The maximum atomic E-state index is 13.6. The van der Waals surface area contributed by atoms with Crippen LogP contribution in [0.1, 0.15) is 0 Å². The third-order valence-electron chi connectivity index (χ3n) is 2.18. The van der Waals surface area contributed by atoms with E-state index in [1.807, 2.05) is 0 Å². The molecule has 18 heavy (non-hydrogen) atoms. The molecule has 0 unspecified atom stereocenters. The number of carboxylic acids is 1. The Morgan fingerprint density at radius 2 is 2.00 bits per heavy atom. The molecule has 0 aliphatic carbocycles. The van der Waals surface area contributed by atoms with Crippen molar-refractivity contribution in [1.82, 2.24) is 14.6 Å². The lowest BCUT2D eigenvalue weighted by Crippen LogP contribution is -2.25. The Hall–Kier alpha value is -2.15. The third-order valence-corrected chi connectivity index (χ3v) is 2.43. The average Bonchev–Trinajstić information content (AvgIpc) is 2.58. The topological polar surface area (TPSA) is 77.1 Å². The van der Waals surface area contributed by atoms with Crippen molar-refractivity contribution in [3.8, 4) is 11.4 Å². The van der Waals surface area contributed by atoms with Crippen LogP contribution in [0.5, 0.6) is 0 Å². The second-order valence-corrected chi connectivity index (χ2v) is 3.88. The van der Waals surface area contributed by atoms with Crippen LogP contribution in [0.3, 0.4) is 0 Å². The molecule has 0 amide bonds. The van der Waals surface area contributed by atoms with Gasteiger partial charge in [0.25, 0.3) is 0 Å². The summed E-state index contributed by atoms with van der Waals surface area (Å²) in [5, 5.41) is 12.6. The van der Waals surface area contributed by atoms with Crippen LogP contribution in [0.4, 0.5) is 4.48 Å². The molecule has 1 aromatic carbocycles. The molecule has 1 heterocycles. The maximum Gasteiger partial charge on any atom is 0.375 e. The summed E-state index contributed by atoms with van der Waals surface area (Å²) in [5.74, 6) is -1.55. The van der Waals surface area contributed by atoms with Crippen molar-refractivity contribution in [1.29, 1.82) is 0 Å². The molecule has 0 fully saturated rings. The van der Waals surface area contributed by atoms with E-state index in [1.165, 1.54) is 24.3 Å². The van der Waals surface area contributed by atoms with Gasteiger partial charge in [-0.15, -0.1) is 9.89 Å². The summed E-state index contributed by atoms with van der Waals surface area (Å²) in [6.07, 6.45) is 0. The largest absolute Gasteiger partial charge is 0.480 e. The molecule has 6 nitrogen and oxygen atoms in total. The zero-order chi connectivity index (χ0) is 13.3. The fourth-order valence-electron chi connectivity index (χ4n) is 1.39. The quantitative estimate of drug-likeness (QED) is 0.909. The van der Waals surface area contributed by atoms with E-state index < -0.39 is 18.2 Å². The summed E-state index contributed by atoms with van der Waals surface area (Å²) in [5.41, 5.74) is -0.814. The smallest absolute Gasteiger partial charge is 0.375 e. The Labute approximate surface area is 105 Å². The lowest BCUT2D eigenvalue weighted by molar-refractivity contribution is -0.137. The maximum absolute atomic E-state index is 13.6. The number of hydrogen-bond donors (Lipinski definition) is 1. The predicted molar refractivity (Wildman–Crippen MR) is 61.1 cm³/mol. The van der Waals surface area contributed by atoms with Crippen LogP contribution in [0, 0.1) is 0 Å². The van der Waals surface area contributed by atoms with Gasteiger partial charge in [0.2, 0.25) is 0 Å². The molecule has 0 aliphatic heterocycles. The lowest BCUT2D eigenvalue weighted by Gasteiger charge is -1.96. The van der Waals surface area contributed by atoms with E-state index in [9.17, 15) is 14.1 Å². The van der Waals surface area contributed by atoms with E-state index in [4.69, 9.17) is 16.7 Å². The third kappa shape index (κ3) is 2.25. The van der Waals surface area contributed by atoms with Crippen molar-refractivity contribution in [2.75, 3.05) is 0 Å². The molecule has 1 aromatic heterocycles. The first kappa shape index (κ1) is 12.3. The highest BCUT2D eigenvalue weighted by molar-refractivity contribution is 6.30. The predicted octanol–water partition coefficient (Wildman–Crippen LogP) is 1.18. The summed E-state index contributed by atoms with van der Waals surface area (Å²) in [6.45, 7) is -0.698. The number of carbonyl (C=O) groups is 1. The lowest BCUT2D eigenvalue weighted by atomic mass is 10.2. The zero-order valence-corrected chi connectivity index (χ0v) is 9.63. The molecule has 0 saturated heterocycles. The van der Waals surface area contributed by atoms with Gasteiger partial charge in [-0.2, -0.15) is 4.68 Å². The molecule has 1 N–H and O–H groups in total. The second-order valence-electron chi connectivity index (χ2n) is 3.45. The average molecular weight is 272 g/mol. The minimum atomic E-state index is -1.28. The first-order valence-electron chi connectivity index (χ1n) is 4.83. The van der Waals surface area contributed by atoms with Gasteiger partial charge in [0, 0.05) is 10.6 Å². The summed E-state index contributed by atoms with van der Waals surface area (Å²) >= 11 is 5.68. The van der Waals surface area contributed by atoms with E-state index in [0.717, 1.165) is 0 Å². The van der Waals surface area contributed by atoms with Gasteiger partial charge < -0.3 is 5.11 Å². The Balaban J connectivity index is 2.49. The second kappa shape index (κ2) is 4.61. The van der Waals surface area contributed by atoms with Crippen molar-refractivity contribution in [2.45, 2.75) is 6.54 Å². The SMILES string of the molecule is O=C(O)Cn1nc(-c2ccc(Cl)cc2)n(F)c1=O. The highest BCUT2D eigenvalue weighted by atomic mass is 35.5. The van der Waals surface area contributed by atoms with Crippen LogP contribution < -0.4 is 5.69 Å². The van der Waals surface area contributed by atoms with Crippen molar-refractivity contribution in [3.05, 3.63) is 39.8 Å². The fraction of sp³-hybridized carbons (Fsp3) is 0.100. The summed E-state index contributed by atoms with van der Waals surface area (Å²) in [6, 6.07) is 5.98. The van der Waals surface area contributed by atoms with Gasteiger partial charge >= 0.3 is 11.7 Å². The van der Waals surface area contributed by atoms with Gasteiger partial charge in [0.1, 0.15) is 6.54 Å². The van der Waals surface area contributed by atoms with Crippen molar-refractivity contribution in [2.24, 2.45) is 0 Å². The van der Waals surface area contributed by atoms with Gasteiger partial charge in [-0.1, -0.05) is 16.1 Å². The molecule has 0 radical (unpaired) electrons. The molecule has 94 valence electrons. The van der Waals surface area contributed by atoms with E-state index in [2.05, 4.69) is 5.10 Å². The zero-order valence-electron chi connectivity index (χ0n) is 8.88. The first-order chi connectivity index (χ1) is 8.49. The molecule has 0 spiro atoms. The molecule has 0 bridgehead atoms. The van der Waals surface area contributed by atoms with Crippen LogP contribution in [0.15, 0.2) is 29.1 Å². The van der Waals surface area contributed by atoms with Crippen LogP contribution in [0.25, 0.3) is 11.4 Å². The van der Waals surface area contributed by atoms with Crippen molar-refractivity contribution < 1.29 is 14.4 Å². The molecule has 0 atom stereocenters. The van der Waals surface area contributed by atoms with E-state index in [0.29, 0.717) is 15.3 Å². The highest BCUT2D eigenvalue weighted by Gasteiger charge is 2.16. The van der Waals surface area contributed by atoms with Gasteiger partial charge in [-0.05, 0) is 24.3 Å². The number of carboxylic acid groups (broad SMARTS) is 1. The molecule has 0 aliphatic rings. The summed E-state index contributed by atoms with van der Waals surface area (Å²) in [7, 11) is 0. The Bertz CT molecular complexity index is 647. The minimum Gasteiger partial charge on any atom is -0.480 e. The number of halogens is 2. The van der Waals surface area contributed by atoms with Gasteiger partial charge in [0.05, 0.1) is 0 Å². The van der Waals surface area contributed by atoms with Crippen LogP contribution >= 0.6 is 11.6 Å². The number of nitrogens with zero attached hydrogens (tertiary/aromatic N) is 3. The standard InChI is InChI=1S/C10H7ClFN3O3/c11-7-3-1-6(2-4-7)9-13-14(5-8(16)17)10(18)15(9)12/h1-4H,5H2,(H,16,17). The van der Waals surface area contributed by atoms with Crippen molar-refractivity contribution >= 4 is 17.6 Å². The highest BCUT2D eigenvalue weighted by Crippen LogP contribution is 2.18. The molecule has 0 saturated carbocycles. The Kier molecular flexibility index (Phi) is 3.15. The molecule has 8 heteroatoms. The number of aromatic nitrogens is 3. The van der Waals surface area contributed by atoms with Gasteiger partial charge in [-0.25, -0.2) is 4.79 Å². The number of aliphatic carboxylic acids is 1. The first-order valence-corrected chi connectivity index (χ1v) is 5.20. The van der Waals surface area contributed by atoms with E-state index in [-0.39, 0.29) is 10.6 Å².